The van der Waals surface area contributed by atoms with Crippen molar-refractivity contribution >= 4 is 29.2 Å². The molecule has 4 heterocycles. The number of carbonyl (C=O) groups excluding carboxylic acids is 3. The van der Waals surface area contributed by atoms with E-state index < -0.39 is 11.5 Å². The number of fused-ring (bicyclic) bond motifs is 2. The van der Waals surface area contributed by atoms with Crippen LogP contribution in [0.2, 0.25) is 0 Å². The lowest BCUT2D eigenvalue weighted by atomic mass is 9.76. The Balaban J connectivity index is 1.21. The van der Waals surface area contributed by atoms with Gasteiger partial charge >= 0.3 is 0 Å². The van der Waals surface area contributed by atoms with Crippen LogP contribution in [0.25, 0.3) is 0 Å². The van der Waals surface area contributed by atoms with Gasteiger partial charge in [-0.1, -0.05) is 31.3 Å². The monoisotopic (exact) mass is 521 g/mol. The van der Waals surface area contributed by atoms with Crippen LogP contribution in [-0.4, -0.2) is 47.1 Å². The maximum absolute atomic E-state index is 13.6. The van der Waals surface area contributed by atoms with Crippen molar-refractivity contribution in [3.8, 4) is 0 Å². The van der Waals surface area contributed by atoms with Gasteiger partial charge in [-0.3, -0.25) is 14.4 Å². The third kappa shape index (κ3) is 4.48. The molecule has 0 bridgehead atoms. The summed E-state index contributed by atoms with van der Waals surface area (Å²) in [6.07, 6.45) is 11.1. The van der Waals surface area contributed by atoms with E-state index in [2.05, 4.69) is 33.0 Å². The minimum absolute atomic E-state index is 0.0156. The van der Waals surface area contributed by atoms with Crippen LogP contribution in [0, 0.1) is 11.8 Å². The number of rotatable bonds is 6. The summed E-state index contributed by atoms with van der Waals surface area (Å²) in [5.41, 5.74) is 2.00. The zero-order valence-corrected chi connectivity index (χ0v) is 21.8. The van der Waals surface area contributed by atoms with E-state index in [1.54, 1.807) is 12.3 Å². The fourth-order valence-electron chi connectivity index (χ4n) is 6.42. The van der Waals surface area contributed by atoms with Gasteiger partial charge in [0.1, 0.15) is 23.7 Å². The van der Waals surface area contributed by atoms with Crippen molar-refractivity contribution in [1.29, 1.82) is 0 Å². The Morgan fingerprint density at radius 1 is 1.13 bits per heavy atom. The molecule has 1 atom stereocenters. The first-order valence-electron chi connectivity index (χ1n) is 13.9. The van der Waals surface area contributed by atoms with Gasteiger partial charge in [0.15, 0.2) is 0 Å². The van der Waals surface area contributed by atoms with Crippen molar-refractivity contribution in [2.75, 3.05) is 23.8 Å². The minimum Gasteiger partial charge on any atom is -0.381 e. The van der Waals surface area contributed by atoms with Gasteiger partial charge in [-0.15, -0.1) is 0 Å². The molecule has 2 aromatic rings. The SMILES string of the molecule is CC1CCC([C@H](NC(=O)c2conc2C2CCC2)C(=O)Nc2cc3c(cn2)C2(CCOCC2)C(=O)N3)CC1. The van der Waals surface area contributed by atoms with Crippen LogP contribution in [0.15, 0.2) is 23.0 Å². The molecule has 0 radical (unpaired) electrons. The smallest absolute Gasteiger partial charge is 0.257 e. The molecule has 1 saturated heterocycles. The van der Waals surface area contributed by atoms with Gasteiger partial charge in [-0.05, 0) is 50.4 Å². The first-order chi connectivity index (χ1) is 18.4. The maximum atomic E-state index is 13.6. The third-order valence-electron chi connectivity index (χ3n) is 9.14. The van der Waals surface area contributed by atoms with E-state index in [9.17, 15) is 14.4 Å². The van der Waals surface area contributed by atoms with Crippen molar-refractivity contribution in [3.63, 3.8) is 0 Å². The molecule has 1 spiro atoms. The predicted molar refractivity (Wildman–Crippen MR) is 139 cm³/mol. The second-order valence-corrected chi connectivity index (χ2v) is 11.5. The minimum atomic E-state index is -0.717. The number of amides is 3. The molecule has 3 fully saturated rings. The molecule has 4 aliphatic rings. The molecule has 2 aliphatic carbocycles. The van der Waals surface area contributed by atoms with Crippen LogP contribution >= 0.6 is 0 Å². The van der Waals surface area contributed by atoms with Gasteiger partial charge in [-0.2, -0.15) is 0 Å². The number of anilines is 2. The molecule has 38 heavy (non-hydrogen) atoms. The lowest BCUT2D eigenvalue weighted by Gasteiger charge is -2.32. The van der Waals surface area contributed by atoms with E-state index in [4.69, 9.17) is 9.26 Å². The van der Waals surface area contributed by atoms with Gasteiger partial charge in [0, 0.05) is 37.0 Å². The summed E-state index contributed by atoms with van der Waals surface area (Å²) in [4.78, 5) is 44.3. The molecular weight excluding hydrogens is 486 g/mol. The largest absolute Gasteiger partial charge is 0.381 e. The third-order valence-corrected chi connectivity index (χ3v) is 9.14. The van der Waals surface area contributed by atoms with Crippen molar-refractivity contribution in [2.24, 2.45) is 11.8 Å². The summed E-state index contributed by atoms with van der Waals surface area (Å²) < 4.78 is 10.6. The number of aromatic nitrogens is 2. The summed E-state index contributed by atoms with van der Waals surface area (Å²) in [6.45, 7) is 3.28. The number of pyridine rings is 1. The van der Waals surface area contributed by atoms with Crippen molar-refractivity contribution in [1.82, 2.24) is 15.5 Å². The molecule has 6 rings (SSSR count). The van der Waals surface area contributed by atoms with Gasteiger partial charge in [0.2, 0.25) is 11.8 Å². The van der Waals surface area contributed by atoms with Crippen molar-refractivity contribution < 1.29 is 23.6 Å². The summed E-state index contributed by atoms with van der Waals surface area (Å²) >= 11 is 0. The normalized spacial score (nSPS) is 25.2. The first-order valence-corrected chi connectivity index (χ1v) is 13.9. The van der Waals surface area contributed by atoms with E-state index in [-0.39, 0.29) is 29.6 Å². The highest BCUT2D eigenvalue weighted by molar-refractivity contribution is 6.07. The zero-order chi connectivity index (χ0) is 26.3. The standard InChI is InChI=1S/C28H35N5O5/c1-16-5-7-18(8-6-16)24(32-25(34)19-15-38-33-23(19)17-3-2-4-17)26(35)31-22-13-21-20(14-29-22)28(27(36)30-21)9-11-37-12-10-28/h13-18,24H,2-12H2,1H3,(H,30,36)(H,32,34)(H,29,31,35)/t16?,18?,24-/m0/s1. The molecule has 3 N–H and O–H groups in total. The molecule has 10 nitrogen and oxygen atoms in total. The number of hydrogen-bond donors (Lipinski definition) is 3. The molecule has 10 heteroatoms. The summed E-state index contributed by atoms with van der Waals surface area (Å²) in [7, 11) is 0. The van der Waals surface area contributed by atoms with Gasteiger partial charge < -0.3 is 25.2 Å². The molecule has 202 valence electrons. The summed E-state index contributed by atoms with van der Waals surface area (Å²) in [5.74, 6) is 0.525. The quantitative estimate of drug-likeness (QED) is 0.525. The maximum Gasteiger partial charge on any atom is 0.257 e. The number of ether oxygens (including phenoxy) is 1. The zero-order valence-electron chi connectivity index (χ0n) is 21.8. The molecule has 2 aromatic heterocycles. The van der Waals surface area contributed by atoms with Gasteiger partial charge in [0.25, 0.3) is 5.91 Å². The molecule has 3 amide bonds. The second-order valence-electron chi connectivity index (χ2n) is 11.5. The molecule has 2 aliphatic heterocycles. The summed E-state index contributed by atoms with van der Waals surface area (Å²) in [6, 6.07) is 0.997. The lowest BCUT2D eigenvalue weighted by molar-refractivity contribution is -0.124. The molecule has 0 aromatic carbocycles. The Labute approximate surface area is 221 Å². The van der Waals surface area contributed by atoms with Crippen LogP contribution < -0.4 is 16.0 Å². The summed E-state index contributed by atoms with van der Waals surface area (Å²) in [5, 5.41) is 13.0. The molecule has 2 saturated carbocycles. The van der Waals surface area contributed by atoms with Crippen LogP contribution in [0.1, 0.15) is 92.2 Å². The lowest BCUT2D eigenvalue weighted by Crippen LogP contribution is -2.49. The van der Waals surface area contributed by atoms with E-state index in [0.29, 0.717) is 54.7 Å². The highest BCUT2D eigenvalue weighted by Gasteiger charge is 2.48. The van der Waals surface area contributed by atoms with Crippen molar-refractivity contribution in [2.45, 2.75) is 82.1 Å². The topological polar surface area (TPSA) is 135 Å². The Hall–Kier alpha value is -3.27. The number of nitrogens with zero attached hydrogens (tertiary/aromatic N) is 2. The van der Waals surface area contributed by atoms with Crippen LogP contribution in [0.3, 0.4) is 0 Å². The molecular formula is C28H35N5O5. The predicted octanol–water partition coefficient (Wildman–Crippen LogP) is 3.90. The highest BCUT2D eigenvalue weighted by Crippen LogP contribution is 2.45. The number of carbonyl (C=O) groups is 3. The fraction of sp³-hybridized carbons (Fsp3) is 0.607. The van der Waals surface area contributed by atoms with E-state index >= 15 is 0 Å². The van der Waals surface area contributed by atoms with Crippen LogP contribution in [0.5, 0.6) is 0 Å². The van der Waals surface area contributed by atoms with E-state index in [1.165, 1.54) is 6.26 Å². The van der Waals surface area contributed by atoms with Crippen molar-refractivity contribution in [3.05, 3.63) is 35.3 Å². The first kappa shape index (κ1) is 25.0. The molecule has 0 unspecified atom stereocenters. The van der Waals surface area contributed by atoms with Crippen LogP contribution in [-0.2, 0) is 19.7 Å². The second kappa shape index (κ2) is 10.1. The Morgan fingerprint density at radius 2 is 1.89 bits per heavy atom. The van der Waals surface area contributed by atoms with Gasteiger partial charge in [-0.25, -0.2) is 4.98 Å². The Bertz CT molecular complexity index is 1220. The fourth-order valence-corrected chi connectivity index (χ4v) is 6.42. The highest BCUT2D eigenvalue weighted by atomic mass is 16.5. The Morgan fingerprint density at radius 3 is 2.61 bits per heavy atom. The average Bonchev–Trinajstić information content (AvgIpc) is 3.45. The average molecular weight is 522 g/mol. The number of nitrogens with one attached hydrogen (secondary N) is 3. The Kier molecular flexibility index (Phi) is 6.67. The van der Waals surface area contributed by atoms with Crippen LogP contribution in [0.4, 0.5) is 11.5 Å². The van der Waals surface area contributed by atoms with E-state index in [1.807, 2.05) is 0 Å². The van der Waals surface area contributed by atoms with E-state index in [0.717, 1.165) is 50.5 Å². The number of hydrogen-bond acceptors (Lipinski definition) is 7. The van der Waals surface area contributed by atoms with Gasteiger partial charge in [0.05, 0.1) is 16.8 Å².